The van der Waals surface area contributed by atoms with E-state index in [1.807, 2.05) is 60.2 Å². The maximum Gasteiger partial charge on any atom is 0.227 e. The van der Waals surface area contributed by atoms with Gasteiger partial charge < -0.3 is 14.8 Å². The van der Waals surface area contributed by atoms with E-state index in [4.69, 9.17) is 9.47 Å². The Kier molecular flexibility index (Phi) is 5.76. The Hall–Kier alpha value is -3.78. The zero-order valence-corrected chi connectivity index (χ0v) is 17.8. The summed E-state index contributed by atoms with van der Waals surface area (Å²) in [6.45, 7) is 3.47. The largest absolute Gasteiger partial charge is 0.490 e. The second kappa shape index (κ2) is 9.15. The molecule has 8 nitrogen and oxygen atoms in total. The maximum atomic E-state index is 6.05. The molecule has 1 aliphatic rings. The minimum absolute atomic E-state index is 0.224. The van der Waals surface area contributed by atoms with Crippen LogP contribution in [0, 0.1) is 6.92 Å². The fraction of sp³-hybridized carbons (Fsp3) is 0.250. The molecule has 0 spiro atoms. The number of anilines is 2. The molecule has 0 amide bonds. The minimum atomic E-state index is 0.224. The summed E-state index contributed by atoms with van der Waals surface area (Å²) < 4.78 is 13.4. The molecule has 1 fully saturated rings. The summed E-state index contributed by atoms with van der Waals surface area (Å²) >= 11 is 0. The van der Waals surface area contributed by atoms with Gasteiger partial charge in [0.15, 0.2) is 0 Å². The van der Waals surface area contributed by atoms with Gasteiger partial charge in [0.1, 0.15) is 23.5 Å². The predicted molar refractivity (Wildman–Crippen MR) is 121 cm³/mol. The van der Waals surface area contributed by atoms with Gasteiger partial charge in [0.05, 0.1) is 30.8 Å². The highest BCUT2D eigenvalue weighted by Gasteiger charge is 2.15. The summed E-state index contributed by atoms with van der Waals surface area (Å²) in [5, 5.41) is 3.22. The van der Waals surface area contributed by atoms with Gasteiger partial charge in [-0.2, -0.15) is 0 Å². The van der Waals surface area contributed by atoms with Crippen LogP contribution in [0.2, 0.25) is 0 Å². The van der Waals surface area contributed by atoms with Crippen LogP contribution < -0.4 is 10.1 Å². The zero-order valence-electron chi connectivity index (χ0n) is 17.8. The van der Waals surface area contributed by atoms with E-state index in [2.05, 4.69) is 25.3 Å². The highest BCUT2D eigenvalue weighted by atomic mass is 16.5. The summed E-state index contributed by atoms with van der Waals surface area (Å²) in [4.78, 5) is 17.7. The smallest absolute Gasteiger partial charge is 0.227 e. The van der Waals surface area contributed by atoms with E-state index in [-0.39, 0.29) is 6.10 Å². The molecule has 0 atom stereocenters. The first-order valence-electron chi connectivity index (χ1n) is 10.7. The Morgan fingerprint density at radius 1 is 0.969 bits per heavy atom. The van der Waals surface area contributed by atoms with E-state index in [1.165, 1.54) is 0 Å². The Balaban J connectivity index is 1.26. The predicted octanol–water partition coefficient (Wildman–Crippen LogP) is 4.33. The number of nitrogens with zero attached hydrogens (tertiary/aromatic N) is 5. The van der Waals surface area contributed by atoms with Gasteiger partial charge in [-0.1, -0.05) is 0 Å². The van der Waals surface area contributed by atoms with Crippen LogP contribution in [0.3, 0.4) is 0 Å². The van der Waals surface area contributed by atoms with Crippen LogP contribution in [0.4, 0.5) is 11.6 Å². The topological polar surface area (TPSA) is 87.0 Å². The number of rotatable bonds is 6. The molecule has 4 aromatic rings. The molecule has 1 saturated heterocycles. The zero-order chi connectivity index (χ0) is 21.8. The Morgan fingerprint density at radius 2 is 1.81 bits per heavy atom. The van der Waals surface area contributed by atoms with Crippen LogP contribution in [0.15, 0.2) is 67.3 Å². The lowest BCUT2D eigenvalue weighted by Crippen LogP contribution is -2.25. The molecule has 1 aliphatic heterocycles. The fourth-order valence-electron chi connectivity index (χ4n) is 3.62. The number of benzene rings is 1. The average molecular weight is 428 g/mol. The van der Waals surface area contributed by atoms with Crippen LogP contribution in [0.1, 0.15) is 18.7 Å². The van der Waals surface area contributed by atoms with Crippen molar-refractivity contribution in [3.63, 3.8) is 0 Å². The quantitative estimate of drug-likeness (QED) is 0.489. The lowest BCUT2D eigenvalue weighted by atomic mass is 10.1. The van der Waals surface area contributed by atoms with Crippen LogP contribution >= 0.6 is 0 Å². The lowest BCUT2D eigenvalue weighted by molar-refractivity contribution is 0.0256. The molecule has 0 unspecified atom stereocenters. The van der Waals surface area contributed by atoms with E-state index in [0.717, 1.165) is 60.4 Å². The third-order valence-electron chi connectivity index (χ3n) is 5.35. The van der Waals surface area contributed by atoms with Gasteiger partial charge in [-0.05, 0) is 49.4 Å². The van der Waals surface area contributed by atoms with Crippen molar-refractivity contribution < 1.29 is 9.47 Å². The fourth-order valence-corrected chi connectivity index (χ4v) is 3.62. The van der Waals surface area contributed by atoms with Gasteiger partial charge in [0, 0.05) is 37.0 Å². The lowest BCUT2D eigenvalue weighted by Gasteiger charge is -2.23. The van der Waals surface area contributed by atoms with Crippen LogP contribution in [-0.4, -0.2) is 43.8 Å². The third kappa shape index (κ3) is 4.60. The number of aromatic nitrogens is 5. The maximum absolute atomic E-state index is 6.05. The Morgan fingerprint density at radius 3 is 2.53 bits per heavy atom. The Labute approximate surface area is 186 Å². The summed E-state index contributed by atoms with van der Waals surface area (Å²) in [7, 11) is 0. The van der Waals surface area contributed by atoms with Crippen molar-refractivity contribution in [1.82, 2.24) is 24.5 Å². The van der Waals surface area contributed by atoms with E-state index < -0.39 is 0 Å². The number of hydrogen-bond acceptors (Lipinski definition) is 7. The summed E-state index contributed by atoms with van der Waals surface area (Å²) in [5.74, 6) is 3.08. The van der Waals surface area contributed by atoms with Gasteiger partial charge >= 0.3 is 0 Å². The first-order chi connectivity index (χ1) is 15.7. The van der Waals surface area contributed by atoms with Gasteiger partial charge in [0.2, 0.25) is 5.95 Å². The van der Waals surface area contributed by atoms with Gasteiger partial charge in [-0.15, -0.1) is 0 Å². The number of nitrogens with one attached hydrogen (secondary N) is 1. The van der Waals surface area contributed by atoms with Crippen molar-refractivity contribution in [2.45, 2.75) is 25.9 Å². The molecule has 0 bridgehead atoms. The van der Waals surface area contributed by atoms with Crippen molar-refractivity contribution in [3.05, 3.63) is 73.1 Å². The molecular formula is C24H24N6O2. The highest BCUT2D eigenvalue weighted by Crippen LogP contribution is 2.24. The van der Waals surface area contributed by atoms with Crippen LogP contribution in [-0.2, 0) is 4.74 Å². The molecule has 162 valence electrons. The standard InChI is InChI=1S/C24H24N6O2/c1-17-25-12-13-30(17)23-7-4-19(16-27-23)28-24-26-11-8-22(29-24)18-2-5-20(6-3-18)32-21-9-14-31-15-10-21/h2-8,11-13,16,21H,9-10,14-15H2,1H3,(H,26,28,29). The monoisotopic (exact) mass is 428 g/mol. The summed E-state index contributed by atoms with van der Waals surface area (Å²) in [6, 6.07) is 13.8. The van der Waals surface area contributed by atoms with E-state index >= 15 is 0 Å². The van der Waals surface area contributed by atoms with Crippen molar-refractivity contribution >= 4 is 11.6 Å². The number of hydrogen-bond donors (Lipinski definition) is 1. The summed E-state index contributed by atoms with van der Waals surface area (Å²) in [5.41, 5.74) is 2.64. The molecule has 32 heavy (non-hydrogen) atoms. The van der Waals surface area contributed by atoms with Gasteiger partial charge in [-0.25, -0.2) is 19.9 Å². The molecule has 3 aromatic heterocycles. The molecule has 1 aromatic carbocycles. The molecule has 4 heterocycles. The first kappa shape index (κ1) is 20.1. The second-order valence-corrected chi connectivity index (χ2v) is 7.59. The molecule has 8 heteroatoms. The number of pyridine rings is 1. The third-order valence-corrected chi connectivity index (χ3v) is 5.35. The average Bonchev–Trinajstić information content (AvgIpc) is 3.27. The van der Waals surface area contributed by atoms with Crippen LogP contribution in [0.25, 0.3) is 17.1 Å². The Bertz CT molecular complexity index is 1170. The molecule has 0 saturated carbocycles. The first-order valence-corrected chi connectivity index (χ1v) is 10.7. The highest BCUT2D eigenvalue weighted by molar-refractivity contribution is 5.62. The minimum Gasteiger partial charge on any atom is -0.490 e. The summed E-state index contributed by atoms with van der Waals surface area (Å²) in [6.07, 6.45) is 9.23. The van der Waals surface area contributed by atoms with Crippen molar-refractivity contribution in [3.8, 4) is 22.8 Å². The normalized spacial score (nSPS) is 14.3. The van der Waals surface area contributed by atoms with E-state index in [9.17, 15) is 0 Å². The number of ether oxygens (including phenoxy) is 2. The van der Waals surface area contributed by atoms with Crippen molar-refractivity contribution in [2.75, 3.05) is 18.5 Å². The molecule has 0 radical (unpaired) electrons. The number of imidazole rings is 1. The van der Waals surface area contributed by atoms with Crippen molar-refractivity contribution in [2.24, 2.45) is 0 Å². The second-order valence-electron chi connectivity index (χ2n) is 7.59. The SMILES string of the molecule is Cc1nccn1-c1ccc(Nc2nccc(-c3ccc(OC4CCOCC4)cc3)n2)cn1. The van der Waals surface area contributed by atoms with E-state index in [1.54, 1.807) is 18.6 Å². The van der Waals surface area contributed by atoms with Crippen molar-refractivity contribution in [1.29, 1.82) is 0 Å². The molecular weight excluding hydrogens is 404 g/mol. The van der Waals surface area contributed by atoms with Gasteiger partial charge in [-0.3, -0.25) is 4.57 Å². The van der Waals surface area contributed by atoms with Gasteiger partial charge in [0.25, 0.3) is 0 Å². The van der Waals surface area contributed by atoms with Crippen LogP contribution in [0.5, 0.6) is 5.75 Å². The molecule has 5 rings (SSSR count). The molecule has 1 N–H and O–H groups in total. The van der Waals surface area contributed by atoms with E-state index in [0.29, 0.717) is 5.95 Å². The number of aryl methyl sites for hydroxylation is 1. The molecule has 0 aliphatic carbocycles.